The number of aliphatic carboxylic acids is 1. The van der Waals surface area contributed by atoms with Crippen LogP contribution >= 0.6 is 11.8 Å². The number of alkyl halides is 3. The fourth-order valence-corrected chi connectivity index (χ4v) is 6.60. The second-order valence-electron chi connectivity index (χ2n) is 12.3. The van der Waals surface area contributed by atoms with Crippen LogP contribution in [0.4, 0.5) is 13.2 Å². The van der Waals surface area contributed by atoms with E-state index in [-0.39, 0.29) is 0 Å². The van der Waals surface area contributed by atoms with Gasteiger partial charge in [0.25, 0.3) is 0 Å². The summed E-state index contributed by atoms with van der Waals surface area (Å²) in [6.45, 7) is 8.44. The zero-order valence-electron chi connectivity index (χ0n) is 26.9. The van der Waals surface area contributed by atoms with Gasteiger partial charge in [-0.25, -0.2) is 0 Å². The number of halogens is 3. The normalized spacial score (nSPS) is 12.1. The number of unbranched alkanes of at least 4 members (excludes halogenated alkanes) is 1. The summed E-state index contributed by atoms with van der Waals surface area (Å²) < 4.78 is 47.5. The molecular formula is C37H38F3N3O3S. The highest BCUT2D eigenvalue weighted by molar-refractivity contribution is 7.99. The second-order valence-corrected chi connectivity index (χ2v) is 13.4. The van der Waals surface area contributed by atoms with Crippen molar-refractivity contribution in [1.29, 1.82) is 0 Å². The molecule has 0 bridgehead atoms. The molecular weight excluding hydrogens is 623 g/mol. The zero-order chi connectivity index (χ0) is 33.8. The number of hydrogen-bond acceptors (Lipinski definition) is 5. The molecule has 0 atom stereocenters. The average molecular weight is 662 g/mol. The van der Waals surface area contributed by atoms with Gasteiger partial charge in [-0.1, -0.05) is 43.7 Å². The van der Waals surface area contributed by atoms with E-state index in [1.54, 1.807) is 31.8 Å². The van der Waals surface area contributed by atoms with Gasteiger partial charge in [-0.05, 0) is 80.5 Å². The highest BCUT2D eigenvalue weighted by Gasteiger charge is 2.32. The van der Waals surface area contributed by atoms with Gasteiger partial charge in [0.2, 0.25) is 0 Å². The maximum Gasteiger partial charge on any atom is 0.417 e. The van der Waals surface area contributed by atoms with Crippen molar-refractivity contribution in [1.82, 2.24) is 14.5 Å². The van der Waals surface area contributed by atoms with Crippen molar-refractivity contribution in [2.24, 2.45) is 5.41 Å². The lowest BCUT2D eigenvalue weighted by Gasteiger charge is -2.22. The van der Waals surface area contributed by atoms with E-state index in [0.717, 1.165) is 69.2 Å². The van der Waals surface area contributed by atoms with Crippen LogP contribution in [0, 0.1) is 12.3 Å². The molecule has 1 N–H and O–H groups in total. The molecule has 0 saturated carbocycles. The molecule has 3 aromatic heterocycles. The molecule has 0 fully saturated rings. The first-order chi connectivity index (χ1) is 22.4. The number of thioether (sulfide) groups is 1. The van der Waals surface area contributed by atoms with Gasteiger partial charge in [0, 0.05) is 52.4 Å². The lowest BCUT2D eigenvalue weighted by molar-refractivity contribution is -0.147. The van der Waals surface area contributed by atoms with E-state index in [1.165, 1.54) is 6.07 Å². The number of aromatic nitrogens is 3. The summed E-state index contributed by atoms with van der Waals surface area (Å²) in [6.07, 6.45) is 0.537. The summed E-state index contributed by atoms with van der Waals surface area (Å²) in [4.78, 5) is 21.8. The predicted molar refractivity (Wildman–Crippen MR) is 180 cm³/mol. The first-order valence-electron chi connectivity index (χ1n) is 15.5. The van der Waals surface area contributed by atoms with Gasteiger partial charge in [0.1, 0.15) is 12.4 Å². The third kappa shape index (κ3) is 7.99. The summed E-state index contributed by atoms with van der Waals surface area (Å²) in [5, 5.41) is 11.1. The zero-order valence-corrected chi connectivity index (χ0v) is 27.7. The van der Waals surface area contributed by atoms with E-state index in [9.17, 15) is 23.1 Å². The topological polar surface area (TPSA) is 77.2 Å². The minimum Gasteiger partial charge on any atom is -0.487 e. The molecule has 0 aliphatic rings. The van der Waals surface area contributed by atoms with Gasteiger partial charge in [-0.3, -0.25) is 14.8 Å². The Labute approximate surface area is 277 Å². The molecule has 0 aliphatic carbocycles. The maximum atomic E-state index is 13.0. The van der Waals surface area contributed by atoms with Gasteiger partial charge in [-0.2, -0.15) is 13.2 Å². The summed E-state index contributed by atoms with van der Waals surface area (Å²) in [7, 11) is 0. The monoisotopic (exact) mass is 661 g/mol. The Morgan fingerprint density at radius 2 is 1.79 bits per heavy atom. The van der Waals surface area contributed by atoms with Crippen LogP contribution in [0.2, 0.25) is 0 Å². The largest absolute Gasteiger partial charge is 0.487 e. The molecule has 0 saturated heterocycles. The molecule has 5 aromatic rings. The summed E-state index contributed by atoms with van der Waals surface area (Å²) in [5.74, 6) is 0.722. The van der Waals surface area contributed by atoms with Crippen molar-refractivity contribution in [3.8, 4) is 17.0 Å². The summed E-state index contributed by atoms with van der Waals surface area (Å²) >= 11 is 1.74. The van der Waals surface area contributed by atoms with E-state index in [0.29, 0.717) is 36.6 Å². The smallest absolute Gasteiger partial charge is 0.417 e. The number of carbonyl (C=O) groups is 1. The van der Waals surface area contributed by atoms with Crippen LogP contribution < -0.4 is 4.74 Å². The van der Waals surface area contributed by atoms with Crippen molar-refractivity contribution >= 4 is 28.6 Å². The first-order valence-corrected chi connectivity index (χ1v) is 16.5. The molecule has 0 amide bonds. The number of benzene rings is 2. The quantitative estimate of drug-likeness (QED) is 0.100. The fraction of sp³-hybridized carbons (Fsp3) is 0.324. The number of carboxylic acid groups (broad SMARTS) is 1. The van der Waals surface area contributed by atoms with E-state index in [4.69, 9.17) is 4.74 Å². The number of nitrogens with zero attached hydrogens (tertiary/aromatic N) is 3. The Balaban J connectivity index is 1.53. The molecule has 0 unspecified atom stereocenters. The number of pyridine rings is 2. The minimum absolute atomic E-state index is 0.322. The molecule has 246 valence electrons. The predicted octanol–water partition coefficient (Wildman–Crippen LogP) is 9.60. The molecule has 0 spiro atoms. The summed E-state index contributed by atoms with van der Waals surface area (Å²) in [6, 6.07) is 19.9. The Bertz CT molecular complexity index is 1850. The number of fused-ring (bicyclic) bond motifs is 1. The minimum atomic E-state index is -4.44. The maximum absolute atomic E-state index is 13.0. The Hall–Kier alpha value is -4.31. The van der Waals surface area contributed by atoms with E-state index < -0.39 is 23.1 Å². The van der Waals surface area contributed by atoms with E-state index >= 15 is 0 Å². The van der Waals surface area contributed by atoms with E-state index in [2.05, 4.69) is 21.5 Å². The Morgan fingerprint density at radius 1 is 1.02 bits per heavy atom. The van der Waals surface area contributed by atoms with Gasteiger partial charge < -0.3 is 14.4 Å². The third-order valence-electron chi connectivity index (χ3n) is 8.20. The van der Waals surface area contributed by atoms with Crippen LogP contribution in [0.5, 0.6) is 5.75 Å². The number of carboxylic acids is 1. The molecule has 0 radical (unpaired) electrons. The van der Waals surface area contributed by atoms with Crippen LogP contribution in [0.25, 0.3) is 22.2 Å². The number of ether oxygens (including phenoxy) is 1. The van der Waals surface area contributed by atoms with Crippen molar-refractivity contribution in [3.63, 3.8) is 0 Å². The summed E-state index contributed by atoms with van der Waals surface area (Å²) in [5.41, 5.74) is 4.13. The fourth-order valence-electron chi connectivity index (χ4n) is 5.29. The average Bonchev–Trinajstić information content (AvgIpc) is 3.31. The molecule has 47 heavy (non-hydrogen) atoms. The van der Waals surface area contributed by atoms with Crippen LogP contribution in [0.15, 0.2) is 84.0 Å². The van der Waals surface area contributed by atoms with Crippen molar-refractivity contribution in [2.75, 3.05) is 5.75 Å². The van der Waals surface area contributed by atoms with Gasteiger partial charge in [-0.15, -0.1) is 11.8 Å². The highest BCUT2D eigenvalue weighted by Crippen LogP contribution is 2.40. The number of rotatable bonds is 13. The third-order valence-corrected chi connectivity index (χ3v) is 9.44. The Morgan fingerprint density at radius 3 is 2.43 bits per heavy atom. The molecule has 6 nitrogen and oxygen atoms in total. The molecule has 2 aromatic carbocycles. The van der Waals surface area contributed by atoms with Crippen molar-refractivity contribution < 1.29 is 27.8 Å². The molecule has 10 heteroatoms. The SMILES string of the molecule is CCCCSc1c(CC(C)(C)C(=O)O)n(Cc2ccc(-c3ccc(C(F)(F)F)cn3)cc2)c2ccc(OCc3ncccc3C)cc12. The van der Waals surface area contributed by atoms with Crippen molar-refractivity contribution in [3.05, 3.63) is 107 Å². The van der Waals surface area contributed by atoms with Crippen LogP contribution in [-0.2, 0) is 30.5 Å². The van der Waals surface area contributed by atoms with Crippen molar-refractivity contribution in [2.45, 2.75) is 71.2 Å². The van der Waals surface area contributed by atoms with Crippen LogP contribution in [0.1, 0.15) is 61.7 Å². The standard InChI is InChI=1S/C37H38F3N3O3S/c1-5-6-18-47-34-29-19-28(46-23-31-24(2)8-7-17-41-31)14-16-32(29)43(33(34)20-36(3,4)35(44)45)22-25-9-11-26(12-10-25)30-15-13-27(21-42-30)37(38,39)40/h7-17,19,21H,5-6,18,20,22-23H2,1-4H3,(H,44,45). The molecule has 3 heterocycles. The second kappa shape index (κ2) is 14.2. The Kier molecular flexibility index (Phi) is 10.3. The van der Waals surface area contributed by atoms with Gasteiger partial charge in [0.05, 0.1) is 22.4 Å². The lowest BCUT2D eigenvalue weighted by Crippen LogP contribution is -2.27. The number of aryl methyl sites for hydroxylation is 1. The van der Waals surface area contributed by atoms with Gasteiger partial charge >= 0.3 is 12.1 Å². The van der Waals surface area contributed by atoms with Crippen LogP contribution in [-0.4, -0.2) is 31.4 Å². The molecule has 0 aliphatic heterocycles. The molecule has 5 rings (SSSR count). The lowest BCUT2D eigenvalue weighted by atomic mass is 9.88. The highest BCUT2D eigenvalue weighted by atomic mass is 32.2. The first kappa shape index (κ1) is 34.0. The van der Waals surface area contributed by atoms with Crippen LogP contribution in [0.3, 0.4) is 0 Å². The van der Waals surface area contributed by atoms with Gasteiger partial charge in [0.15, 0.2) is 0 Å². The number of hydrogen-bond donors (Lipinski definition) is 1. The van der Waals surface area contributed by atoms with E-state index in [1.807, 2.05) is 61.5 Å².